The SMILES string of the molecule is Cn1c(C=C(Cl)c2nc3ccccc3c(=O)[nH]2)nc2c1c(=O)[nH]c(=O)n2C. The third-order valence-electron chi connectivity index (χ3n) is 4.26. The minimum Gasteiger partial charge on any atom is -0.322 e. The Kier molecular flexibility index (Phi) is 3.81. The van der Waals surface area contributed by atoms with Gasteiger partial charge in [0.1, 0.15) is 5.82 Å². The van der Waals surface area contributed by atoms with Crippen molar-refractivity contribution in [2.45, 2.75) is 0 Å². The minimum absolute atomic E-state index is 0.137. The Labute approximate surface area is 155 Å². The largest absolute Gasteiger partial charge is 0.329 e. The summed E-state index contributed by atoms with van der Waals surface area (Å²) >= 11 is 6.34. The van der Waals surface area contributed by atoms with Crippen LogP contribution in [0.4, 0.5) is 0 Å². The molecule has 136 valence electrons. The molecule has 0 saturated carbocycles. The highest BCUT2D eigenvalue weighted by molar-refractivity contribution is 6.50. The number of aromatic nitrogens is 6. The molecule has 3 heterocycles. The van der Waals surface area contributed by atoms with E-state index in [0.29, 0.717) is 16.7 Å². The van der Waals surface area contributed by atoms with Crippen molar-refractivity contribution in [2.75, 3.05) is 0 Å². The van der Waals surface area contributed by atoms with Crippen LogP contribution in [-0.2, 0) is 14.1 Å². The number of nitrogens with zero attached hydrogens (tertiary/aromatic N) is 4. The van der Waals surface area contributed by atoms with Gasteiger partial charge in [0, 0.05) is 20.2 Å². The minimum atomic E-state index is -0.562. The van der Waals surface area contributed by atoms with Gasteiger partial charge in [0.2, 0.25) is 0 Å². The van der Waals surface area contributed by atoms with E-state index in [1.165, 1.54) is 22.3 Å². The first kappa shape index (κ1) is 17.0. The molecule has 0 aliphatic heterocycles. The Bertz CT molecular complexity index is 1420. The fourth-order valence-electron chi connectivity index (χ4n) is 2.84. The molecule has 0 atom stereocenters. The second kappa shape index (κ2) is 6.06. The Balaban J connectivity index is 1.92. The Morgan fingerprint density at radius 1 is 1.04 bits per heavy atom. The van der Waals surface area contributed by atoms with E-state index in [-0.39, 0.29) is 27.6 Å². The van der Waals surface area contributed by atoms with Crippen molar-refractivity contribution in [3.63, 3.8) is 0 Å². The molecule has 0 saturated heterocycles. The zero-order valence-electron chi connectivity index (χ0n) is 14.3. The number of nitrogens with one attached hydrogen (secondary N) is 2. The number of benzene rings is 1. The molecule has 3 aromatic heterocycles. The van der Waals surface area contributed by atoms with E-state index in [1.807, 2.05) is 0 Å². The molecule has 9 nitrogen and oxygen atoms in total. The monoisotopic (exact) mass is 384 g/mol. The first-order valence-corrected chi connectivity index (χ1v) is 8.27. The molecule has 0 bridgehead atoms. The molecule has 0 radical (unpaired) electrons. The second-order valence-corrected chi connectivity index (χ2v) is 6.35. The topological polar surface area (TPSA) is 118 Å². The van der Waals surface area contributed by atoms with Crippen molar-refractivity contribution >= 4 is 44.8 Å². The van der Waals surface area contributed by atoms with Crippen molar-refractivity contribution < 1.29 is 0 Å². The molecule has 0 aliphatic carbocycles. The molecular formula is C17H13ClN6O3. The molecular weight excluding hydrogens is 372 g/mol. The quantitative estimate of drug-likeness (QED) is 0.533. The molecule has 27 heavy (non-hydrogen) atoms. The van der Waals surface area contributed by atoms with E-state index >= 15 is 0 Å². The van der Waals surface area contributed by atoms with Crippen molar-refractivity contribution in [3.05, 3.63) is 67.1 Å². The standard InChI is InChI=1S/C17H13ClN6O3/c1-23-11(20-14-12(23)16(26)22-17(27)24(14)2)7-9(18)13-19-10-6-4-3-5-8(10)15(25)21-13/h3-7H,1-2H3,(H,19,21,25)(H,22,26,27). The first-order chi connectivity index (χ1) is 12.9. The summed E-state index contributed by atoms with van der Waals surface area (Å²) in [5.41, 5.74) is -0.462. The lowest BCUT2D eigenvalue weighted by atomic mass is 10.2. The van der Waals surface area contributed by atoms with Crippen LogP contribution in [0.15, 0.2) is 38.6 Å². The maximum absolute atomic E-state index is 12.2. The summed E-state index contributed by atoms with van der Waals surface area (Å²) in [5.74, 6) is 0.507. The lowest BCUT2D eigenvalue weighted by Crippen LogP contribution is -2.29. The van der Waals surface area contributed by atoms with Crippen molar-refractivity contribution in [1.29, 1.82) is 0 Å². The summed E-state index contributed by atoms with van der Waals surface area (Å²) in [7, 11) is 3.13. The van der Waals surface area contributed by atoms with Gasteiger partial charge in [-0.1, -0.05) is 23.7 Å². The molecule has 0 fully saturated rings. The summed E-state index contributed by atoms with van der Waals surface area (Å²) in [6.07, 6.45) is 1.47. The van der Waals surface area contributed by atoms with Crippen LogP contribution >= 0.6 is 11.6 Å². The van der Waals surface area contributed by atoms with E-state index in [1.54, 1.807) is 31.3 Å². The third kappa shape index (κ3) is 2.68. The zero-order valence-corrected chi connectivity index (χ0v) is 15.0. The lowest BCUT2D eigenvalue weighted by molar-refractivity contribution is 0.829. The molecule has 0 unspecified atom stereocenters. The molecule has 10 heteroatoms. The van der Waals surface area contributed by atoms with Crippen molar-refractivity contribution in [1.82, 2.24) is 29.1 Å². The van der Waals surface area contributed by atoms with Gasteiger partial charge in [-0.2, -0.15) is 0 Å². The fraction of sp³-hybridized carbons (Fsp3) is 0.118. The summed E-state index contributed by atoms with van der Waals surface area (Å²) < 4.78 is 2.74. The van der Waals surface area contributed by atoms with Gasteiger partial charge in [0.25, 0.3) is 11.1 Å². The predicted molar refractivity (Wildman–Crippen MR) is 103 cm³/mol. The third-order valence-corrected chi connectivity index (χ3v) is 4.55. The van der Waals surface area contributed by atoms with Crippen molar-refractivity contribution in [3.8, 4) is 0 Å². The number of halogens is 1. The highest BCUT2D eigenvalue weighted by atomic mass is 35.5. The van der Waals surface area contributed by atoms with Gasteiger partial charge < -0.3 is 9.55 Å². The van der Waals surface area contributed by atoms with Crippen LogP contribution in [0.1, 0.15) is 11.6 Å². The second-order valence-electron chi connectivity index (χ2n) is 5.94. The predicted octanol–water partition coefficient (Wildman–Crippen LogP) is 0.934. The van der Waals surface area contributed by atoms with Crippen LogP contribution in [0.3, 0.4) is 0 Å². The van der Waals surface area contributed by atoms with E-state index in [9.17, 15) is 14.4 Å². The molecule has 0 aliphatic rings. The number of hydrogen-bond acceptors (Lipinski definition) is 5. The van der Waals surface area contributed by atoms with E-state index in [0.717, 1.165) is 0 Å². The summed E-state index contributed by atoms with van der Waals surface area (Å²) in [5, 5.41) is 0.590. The Morgan fingerprint density at radius 3 is 2.56 bits per heavy atom. The highest BCUT2D eigenvalue weighted by Gasteiger charge is 2.15. The van der Waals surface area contributed by atoms with Gasteiger partial charge in [-0.15, -0.1) is 0 Å². The number of rotatable bonds is 2. The van der Waals surface area contributed by atoms with Gasteiger partial charge in [-0.3, -0.25) is 19.1 Å². The number of imidazole rings is 1. The van der Waals surface area contributed by atoms with Gasteiger partial charge in [0.05, 0.1) is 15.9 Å². The average molecular weight is 385 g/mol. The number of aryl methyl sites for hydroxylation is 2. The summed E-state index contributed by atoms with van der Waals surface area (Å²) in [6, 6.07) is 6.90. The van der Waals surface area contributed by atoms with Crippen LogP contribution in [-0.4, -0.2) is 29.1 Å². The zero-order chi connectivity index (χ0) is 19.3. The van der Waals surface area contributed by atoms with Crippen LogP contribution < -0.4 is 16.8 Å². The van der Waals surface area contributed by atoms with Crippen LogP contribution in [0.5, 0.6) is 0 Å². The number of para-hydroxylation sites is 1. The molecule has 1 aromatic carbocycles. The first-order valence-electron chi connectivity index (χ1n) is 7.89. The molecule has 2 N–H and O–H groups in total. The van der Waals surface area contributed by atoms with E-state index < -0.39 is 11.2 Å². The number of aromatic amines is 2. The van der Waals surface area contributed by atoms with Gasteiger partial charge in [-0.25, -0.2) is 14.8 Å². The number of fused-ring (bicyclic) bond motifs is 2. The highest BCUT2D eigenvalue weighted by Crippen LogP contribution is 2.20. The van der Waals surface area contributed by atoms with E-state index in [4.69, 9.17) is 11.6 Å². The summed E-state index contributed by atoms with van der Waals surface area (Å²) in [6.45, 7) is 0. The molecule has 4 aromatic rings. The molecule has 0 amide bonds. The normalized spacial score (nSPS) is 12.2. The Hall–Kier alpha value is -3.46. The van der Waals surface area contributed by atoms with Crippen LogP contribution in [0, 0.1) is 0 Å². The lowest BCUT2D eigenvalue weighted by Gasteiger charge is -2.02. The van der Waals surface area contributed by atoms with E-state index in [2.05, 4.69) is 19.9 Å². The maximum atomic E-state index is 12.2. The Morgan fingerprint density at radius 2 is 1.78 bits per heavy atom. The van der Waals surface area contributed by atoms with Crippen LogP contribution in [0.2, 0.25) is 0 Å². The maximum Gasteiger partial charge on any atom is 0.329 e. The van der Waals surface area contributed by atoms with Crippen molar-refractivity contribution in [2.24, 2.45) is 14.1 Å². The summed E-state index contributed by atoms with van der Waals surface area (Å²) in [4.78, 5) is 49.6. The van der Waals surface area contributed by atoms with Gasteiger partial charge in [-0.05, 0) is 12.1 Å². The van der Waals surface area contributed by atoms with Gasteiger partial charge in [0.15, 0.2) is 17.0 Å². The number of hydrogen-bond donors (Lipinski definition) is 2. The molecule has 0 spiro atoms. The van der Waals surface area contributed by atoms with Crippen LogP contribution in [0.25, 0.3) is 33.2 Å². The van der Waals surface area contributed by atoms with Gasteiger partial charge >= 0.3 is 5.69 Å². The molecule has 4 rings (SSSR count). The smallest absolute Gasteiger partial charge is 0.322 e. The average Bonchev–Trinajstić information content (AvgIpc) is 2.97. The number of H-pyrrole nitrogens is 2. The fourth-order valence-corrected chi connectivity index (χ4v) is 3.02.